The van der Waals surface area contributed by atoms with Gasteiger partial charge in [-0.2, -0.15) is 0 Å². The van der Waals surface area contributed by atoms with Crippen LogP contribution < -0.4 is 11.1 Å². The molecule has 7 heteroatoms. The third-order valence-corrected chi connectivity index (χ3v) is 3.88. The van der Waals surface area contributed by atoms with E-state index in [0.717, 1.165) is 6.42 Å². The van der Waals surface area contributed by atoms with Gasteiger partial charge in [-0.05, 0) is 24.6 Å². The summed E-state index contributed by atoms with van der Waals surface area (Å²) in [6.07, 6.45) is 1.40. The first kappa shape index (κ1) is 16.4. The third-order valence-electron chi connectivity index (χ3n) is 3.64. The molecule has 1 heterocycles. The summed E-state index contributed by atoms with van der Waals surface area (Å²) in [5.41, 5.74) is 6.79. The number of piperazine rings is 1. The monoisotopic (exact) mass is 324 g/mol. The van der Waals surface area contributed by atoms with Crippen LogP contribution in [0, 0.1) is 0 Å². The second-order valence-electron chi connectivity index (χ2n) is 5.28. The van der Waals surface area contributed by atoms with Crippen molar-refractivity contribution in [2.75, 3.05) is 37.2 Å². The Kier molecular flexibility index (Phi) is 5.49. The lowest BCUT2D eigenvalue weighted by atomic mass is 10.2. The topological polar surface area (TPSA) is 78.7 Å². The van der Waals surface area contributed by atoms with E-state index in [1.165, 1.54) is 0 Å². The van der Waals surface area contributed by atoms with Crippen molar-refractivity contribution in [3.8, 4) is 0 Å². The Balaban J connectivity index is 1.90. The Bertz CT molecular complexity index is 556. The van der Waals surface area contributed by atoms with Gasteiger partial charge < -0.3 is 20.9 Å². The van der Waals surface area contributed by atoms with Crippen molar-refractivity contribution in [1.82, 2.24) is 9.80 Å². The van der Waals surface area contributed by atoms with Crippen LogP contribution >= 0.6 is 11.6 Å². The maximum absolute atomic E-state index is 12.2. The van der Waals surface area contributed by atoms with Gasteiger partial charge in [0.1, 0.15) is 0 Å². The minimum absolute atomic E-state index is 0.154. The number of nitrogen functional groups attached to an aromatic ring is 1. The van der Waals surface area contributed by atoms with Gasteiger partial charge in [-0.1, -0.05) is 18.5 Å². The summed E-state index contributed by atoms with van der Waals surface area (Å²) in [7, 11) is 0. The quantitative estimate of drug-likeness (QED) is 0.838. The fraction of sp³-hybridized carbons (Fsp3) is 0.467. The van der Waals surface area contributed by atoms with E-state index < -0.39 is 0 Å². The number of urea groups is 1. The zero-order valence-corrected chi connectivity index (χ0v) is 13.4. The van der Waals surface area contributed by atoms with E-state index in [0.29, 0.717) is 49.0 Å². The summed E-state index contributed by atoms with van der Waals surface area (Å²) in [6.45, 7) is 4.15. The van der Waals surface area contributed by atoms with Crippen molar-refractivity contribution < 1.29 is 9.59 Å². The number of hydrogen-bond acceptors (Lipinski definition) is 3. The molecule has 0 atom stereocenters. The van der Waals surface area contributed by atoms with Crippen LogP contribution in [0.4, 0.5) is 16.2 Å². The van der Waals surface area contributed by atoms with Gasteiger partial charge in [0, 0.05) is 37.6 Å². The molecule has 0 saturated carbocycles. The molecule has 1 aromatic carbocycles. The molecule has 22 heavy (non-hydrogen) atoms. The van der Waals surface area contributed by atoms with Crippen LogP contribution in [0.15, 0.2) is 18.2 Å². The van der Waals surface area contributed by atoms with E-state index in [1.54, 1.807) is 28.0 Å². The summed E-state index contributed by atoms with van der Waals surface area (Å²) in [4.78, 5) is 27.6. The van der Waals surface area contributed by atoms with Crippen molar-refractivity contribution in [2.45, 2.75) is 19.8 Å². The molecular weight excluding hydrogens is 304 g/mol. The van der Waals surface area contributed by atoms with E-state index in [4.69, 9.17) is 17.3 Å². The first-order valence-electron chi connectivity index (χ1n) is 7.40. The predicted octanol–water partition coefficient (Wildman–Crippen LogP) is 2.40. The zero-order valence-electron chi connectivity index (χ0n) is 12.6. The van der Waals surface area contributed by atoms with Gasteiger partial charge >= 0.3 is 6.03 Å². The first-order chi connectivity index (χ1) is 10.5. The molecule has 1 aromatic rings. The Hall–Kier alpha value is -1.95. The van der Waals surface area contributed by atoms with Gasteiger partial charge in [-0.3, -0.25) is 4.79 Å². The van der Waals surface area contributed by atoms with Gasteiger partial charge in [-0.15, -0.1) is 0 Å². The highest BCUT2D eigenvalue weighted by Crippen LogP contribution is 2.23. The van der Waals surface area contributed by atoms with Crippen LogP contribution in [0.5, 0.6) is 0 Å². The number of carbonyl (C=O) groups is 2. The number of nitrogens with two attached hydrogens (primary N) is 1. The molecule has 0 radical (unpaired) electrons. The molecule has 0 unspecified atom stereocenters. The summed E-state index contributed by atoms with van der Waals surface area (Å²) in [5, 5.41) is 3.28. The maximum Gasteiger partial charge on any atom is 0.322 e. The van der Waals surface area contributed by atoms with Crippen molar-refractivity contribution in [3.63, 3.8) is 0 Å². The highest BCUT2D eigenvalue weighted by Gasteiger charge is 2.23. The second-order valence-corrected chi connectivity index (χ2v) is 5.72. The Morgan fingerprint density at radius 3 is 2.50 bits per heavy atom. The summed E-state index contributed by atoms with van der Waals surface area (Å²) >= 11 is 5.91. The molecule has 1 saturated heterocycles. The van der Waals surface area contributed by atoms with E-state index in [9.17, 15) is 9.59 Å². The van der Waals surface area contributed by atoms with E-state index in [1.807, 2.05) is 6.92 Å². The Morgan fingerprint density at radius 1 is 1.23 bits per heavy atom. The number of anilines is 2. The smallest absolute Gasteiger partial charge is 0.322 e. The van der Waals surface area contributed by atoms with Crippen molar-refractivity contribution in [1.29, 1.82) is 0 Å². The lowest BCUT2D eigenvalue weighted by Gasteiger charge is -2.34. The van der Waals surface area contributed by atoms with Crippen LogP contribution in [-0.4, -0.2) is 47.9 Å². The molecule has 3 amide bonds. The molecule has 3 N–H and O–H groups in total. The number of benzene rings is 1. The molecule has 120 valence electrons. The number of rotatable bonds is 3. The number of carbonyl (C=O) groups excluding carboxylic acids is 2. The summed E-state index contributed by atoms with van der Waals surface area (Å²) in [5.74, 6) is 0.154. The molecule has 1 fully saturated rings. The molecule has 0 aromatic heterocycles. The van der Waals surface area contributed by atoms with Crippen molar-refractivity contribution in [2.24, 2.45) is 0 Å². The van der Waals surface area contributed by atoms with Gasteiger partial charge in [0.05, 0.1) is 11.4 Å². The maximum atomic E-state index is 12.2. The first-order valence-corrected chi connectivity index (χ1v) is 7.77. The van der Waals surface area contributed by atoms with E-state index in [2.05, 4.69) is 5.32 Å². The lowest BCUT2D eigenvalue weighted by molar-refractivity contribution is -0.132. The fourth-order valence-electron chi connectivity index (χ4n) is 2.36. The van der Waals surface area contributed by atoms with E-state index >= 15 is 0 Å². The predicted molar refractivity (Wildman–Crippen MR) is 87.9 cm³/mol. The summed E-state index contributed by atoms with van der Waals surface area (Å²) in [6, 6.07) is 4.72. The SMILES string of the molecule is CCCC(=O)N1CCN(C(=O)Nc2cc(Cl)ccc2N)CC1. The van der Waals surface area contributed by atoms with Crippen molar-refractivity contribution in [3.05, 3.63) is 23.2 Å². The number of nitrogens with zero attached hydrogens (tertiary/aromatic N) is 2. The van der Waals surface area contributed by atoms with Crippen LogP contribution in [0.25, 0.3) is 0 Å². The normalized spacial score (nSPS) is 14.8. The molecule has 2 rings (SSSR count). The zero-order chi connectivity index (χ0) is 16.1. The molecule has 6 nitrogen and oxygen atoms in total. The highest BCUT2D eigenvalue weighted by atomic mass is 35.5. The molecule has 0 spiro atoms. The average Bonchev–Trinajstić information content (AvgIpc) is 2.51. The molecule has 1 aliphatic heterocycles. The van der Waals surface area contributed by atoms with Crippen LogP contribution in [0.1, 0.15) is 19.8 Å². The Labute approximate surface area is 135 Å². The van der Waals surface area contributed by atoms with Crippen molar-refractivity contribution >= 4 is 34.9 Å². The number of amides is 3. The van der Waals surface area contributed by atoms with Gasteiger partial charge in [0.2, 0.25) is 5.91 Å². The summed E-state index contributed by atoms with van der Waals surface area (Å²) < 4.78 is 0. The number of hydrogen-bond donors (Lipinski definition) is 2. The molecule has 0 bridgehead atoms. The molecular formula is C15H21ClN4O2. The van der Waals surface area contributed by atoms with Crippen LogP contribution in [-0.2, 0) is 4.79 Å². The average molecular weight is 325 g/mol. The Morgan fingerprint density at radius 2 is 1.86 bits per heavy atom. The second kappa shape index (κ2) is 7.35. The van der Waals surface area contributed by atoms with Gasteiger partial charge in [0.15, 0.2) is 0 Å². The number of nitrogens with one attached hydrogen (secondary N) is 1. The van der Waals surface area contributed by atoms with Crippen LogP contribution in [0.3, 0.4) is 0 Å². The minimum atomic E-state index is -0.225. The third kappa shape index (κ3) is 4.04. The highest BCUT2D eigenvalue weighted by molar-refractivity contribution is 6.31. The largest absolute Gasteiger partial charge is 0.397 e. The molecule has 1 aliphatic rings. The van der Waals surface area contributed by atoms with E-state index in [-0.39, 0.29) is 11.9 Å². The lowest BCUT2D eigenvalue weighted by Crippen LogP contribution is -2.51. The van der Waals surface area contributed by atoms with Crippen LogP contribution in [0.2, 0.25) is 5.02 Å². The van der Waals surface area contributed by atoms with Gasteiger partial charge in [-0.25, -0.2) is 4.79 Å². The number of halogens is 1. The fourth-order valence-corrected chi connectivity index (χ4v) is 2.53. The molecule has 0 aliphatic carbocycles. The minimum Gasteiger partial charge on any atom is -0.397 e. The van der Waals surface area contributed by atoms with Gasteiger partial charge in [0.25, 0.3) is 0 Å². The standard InChI is InChI=1S/C15H21ClN4O2/c1-2-3-14(21)19-6-8-20(9-7-19)15(22)18-13-10-11(16)4-5-12(13)17/h4-5,10H,2-3,6-9,17H2,1H3,(H,18,22).